The van der Waals surface area contributed by atoms with E-state index in [4.69, 9.17) is 9.47 Å². The Kier molecular flexibility index (Phi) is 18.5. The Hall–Kier alpha value is -1.06. The molecule has 0 radical (unpaired) electrons. The summed E-state index contributed by atoms with van der Waals surface area (Å²) in [5, 5.41) is 0. The van der Waals surface area contributed by atoms with Crippen LogP contribution >= 0.6 is 0 Å². The molecule has 0 aromatic heterocycles. The summed E-state index contributed by atoms with van der Waals surface area (Å²) in [5.74, 6) is -0.491. The molecule has 0 saturated carbocycles. The second-order valence-corrected chi connectivity index (χ2v) is 8.57. The zero-order valence-electron chi connectivity index (χ0n) is 19.1. The minimum Gasteiger partial charge on any atom is -0.465 e. The zero-order chi connectivity index (χ0) is 21.0. The lowest BCUT2D eigenvalue weighted by molar-refractivity contribution is -0.157. The van der Waals surface area contributed by atoms with E-state index < -0.39 is 11.9 Å². The van der Waals surface area contributed by atoms with E-state index in [1.807, 2.05) is 6.92 Å². The predicted molar refractivity (Wildman–Crippen MR) is 116 cm³/mol. The third-order valence-electron chi connectivity index (χ3n) is 4.94. The number of unbranched alkanes of at least 4 members (excludes halogenated alkanes) is 12. The Bertz CT molecular complexity index is 379. The average Bonchev–Trinajstić information content (AvgIpc) is 2.61. The van der Waals surface area contributed by atoms with Gasteiger partial charge in [0.15, 0.2) is 0 Å². The van der Waals surface area contributed by atoms with Gasteiger partial charge in [-0.25, -0.2) is 0 Å². The number of carbonyl (C=O) groups excluding carboxylic acids is 2. The lowest BCUT2D eigenvalue weighted by Crippen LogP contribution is -2.20. The number of ether oxygens (including phenoxy) is 2. The molecule has 0 amide bonds. The van der Waals surface area contributed by atoms with Crippen molar-refractivity contribution in [1.82, 2.24) is 0 Å². The molecule has 0 heterocycles. The summed E-state index contributed by atoms with van der Waals surface area (Å²) >= 11 is 0. The molecule has 4 heteroatoms. The van der Waals surface area contributed by atoms with Crippen LogP contribution in [0.5, 0.6) is 0 Å². The second kappa shape index (κ2) is 19.3. The molecule has 0 saturated heterocycles. The standard InChI is InChI=1S/C24H46O4/c1-5-6-7-8-9-10-11-12-13-14-15-16-17-18-27-23(25)20-24(26)28-22(4)19-21(2)3/h21-22H,5-20H2,1-4H3. The van der Waals surface area contributed by atoms with Crippen molar-refractivity contribution in [3.8, 4) is 0 Å². The van der Waals surface area contributed by atoms with Gasteiger partial charge in [-0.05, 0) is 25.7 Å². The highest BCUT2D eigenvalue weighted by Crippen LogP contribution is 2.12. The molecule has 28 heavy (non-hydrogen) atoms. The third-order valence-corrected chi connectivity index (χ3v) is 4.94. The third kappa shape index (κ3) is 19.7. The van der Waals surface area contributed by atoms with Gasteiger partial charge in [-0.2, -0.15) is 0 Å². The average molecular weight is 399 g/mol. The van der Waals surface area contributed by atoms with Crippen molar-refractivity contribution >= 4 is 11.9 Å². The molecule has 1 atom stereocenters. The number of esters is 2. The van der Waals surface area contributed by atoms with Gasteiger partial charge in [0.05, 0.1) is 12.7 Å². The maximum atomic E-state index is 11.7. The smallest absolute Gasteiger partial charge is 0.317 e. The fourth-order valence-electron chi connectivity index (χ4n) is 3.45. The van der Waals surface area contributed by atoms with Crippen LogP contribution in [0.2, 0.25) is 0 Å². The predicted octanol–water partition coefficient (Wildman–Crippen LogP) is 6.99. The van der Waals surface area contributed by atoms with Crippen LogP contribution in [0.15, 0.2) is 0 Å². The summed E-state index contributed by atoms with van der Waals surface area (Å²) in [6, 6.07) is 0. The van der Waals surface area contributed by atoms with Crippen LogP contribution in [0.4, 0.5) is 0 Å². The van der Waals surface area contributed by atoms with Gasteiger partial charge in [0.1, 0.15) is 6.42 Å². The second-order valence-electron chi connectivity index (χ2n) is 8.57. The summed E-state index contributed by atoms with van der Waals surface area (Å²) in [7, 11) is 0. The fraction of sp³-hybridized carbons (Fsp3) is 0.917. The quantitative estimate of drug-likeness (QED) is 0.134. The summed E-state index contributed by atoms with van der Waals surface area (Å²) in [4.78, 5) is 23.3. The Morgan fingerprint density at radius 3 is 1.61 bits per heavy atom. The largest absolute Gasteiger partial charge is 0.465 e. The van der Waals surface area contributed by atoms with Crippen LogP contribution in [0.3, 0.4) is 0 Å². The first kappa shape index (κ1) is 26.9. The minimum absolute atomic E-state index is 0.152. The van der Waals surface area contributed by atoms with Crippen LogP contribution in [-0.2, 0) is 19.1 Å². The van der Waals surface area contributed by atoms with E-state index >= 15 is 0 Å². The van der Waals surface area contributed by atoms with E-state index in [0.717, 1.165) is 19.3 Å². The maximum absolute atomic E-state index is 11.7. The molecule has 0 bridgehead atoms. The van der Waals surface area contributed by atoms with Gasteiger partial charge in [0.25, 0.3) is 0 Å². The van der Waals surface area contributed by atoms with Crippen LogP contribution in [-0.4, -0.2) is 24.6 Å². The molecular formula is C24H46O4. The fourth-order valence-corrected chi connectivity index (χ4v) is 3.45. The van der Waals surface area contributed by atoms with Crippen LogP contribution in [0.25, 0.3) is 0 Å². The van der Waals surface area contributed by atoms with Gasteiger partial charge in [-0.15, -0.1) is 0 Å². The van der Waals surface area contributed by atoms with Gasteiger partial charge in [0.2, 0.25) is 0 Å². The molecule has 0 aromatic carbocycles. The minimum atomic E-state index is -0.483. The normalized spacial score (nSPS) is 12.2. The van der Waals surface area contributed by atoms with Crippen LogP contribution < -0.4 is 0 Å². The summed E-state index contributed by atoms with van der Waals surface area (Å²) in [6.45, 7) is 8.68. The van der Waals surface area contributed by atoms with Crippen LogP contribution in [0.1, 0.15) is 124 Å². The van der Waals surface area contributed by atoms with Gasteiger partial charge < -0.3 is 9.47 Å². The van der Waals surface area contributed by atoms with Gasteiger partial charge >= 0.3 is 11.9 Å². The highest BCUT2D eigenvalue weighted by Gasteiger charge is 2.15. The van der Waals surface area contributed by atoms with Crippen molar-refractivity contribution in [1.29, 1.82) is 0 Å². The zero-order valence-corrected chi connectivity index (χ0v) is 19.1. The number of hydrogen-bond acceptors (Lipinski definition) is 4. The molecular weight excluding hydrogens is 352 g/mol. The van der Waals surface area contributed by atoms with Crippen molar-refractivity contribution in [3.05, 3.63) is 0 Å². The Balaban J connectivity index is 3.37. The van der Waals surface area contributed by atoms with Crippen molar-refractivity contribution in [2.24, 2.45) is 5.92 Å². The topological polar surface area (TPSA) is 52.6 Å². The molecule has 1 unspecified atom stereocenters. The van der Waals surface area contributed by atoms with E-state index in [1.54, 1.807) is 0 Å². The molecule has 166 valence electrons. The Morgan fingerprint density at radius 2 is 1.14 bits per heavy atom. The summed E-state index contributed by atoms with van der Waals surface area (Å²) < 4.78 is 10.4. The van der Waals surface area contributed by atoms with Crippen molar-refractivity contribution in [2.75, 3.05) is 6.61 Å². The highest BCUT2D eigenvalue weighted by atomic mass is 16.6. The molecule has 0 N–H and O–H groups in total. The summed E-state index contributed by atoms with van der Waals surface area (Å²) in [5.41, 5.74) is 0. The van der Waals surface area contributed by atoms with E-state index in [9.17, 15) is 9.59 Å². The highest BCUT2D eigenvalue weighted by molar-refractivity contribution is 5.91. The van der Waals surface area contributed by atoms with Gasteiger partial charge in [-0.1, -0.05) is 97.8 Å². The first-order chi connectivity index (χ1) is 13.5. The molecule has 0 aromatic rings. The first-order valence-corrected chi connectivity index (χ1v) is 11.8. The molecule has 0 fully saturated rings. The maximum Gasteiger partial charge on any atom is 0.317 e. The molecule has 0 aliphatic carbocycles. The molecule has 0 spiro atoms. The molecule has 0 aliphatic rings. The Morgan fingerprint density at radius 1 is 0.679 bits per heavy atom. The van der Waals surface area contributed by atoms with Gasteiger partial charge in [-0.3, -0.25) is 9.59 Å². The first-order valence-electron chi connectivity index (χ1n) is 11.8. The monoisotopic (exact) mass is 398 g/mol. The molecule has 0 rings (SSSR count). The van der Waals surface area contributed by atoms with Crippen molar-refractivity contribution in [3.63, 3.8) is 0 Å². The lowest BCUT2D eigenvalue weighted by atomic mass is 10.0. The molecule has 0 aliphatic heterocycles. The Labute approximate surface area is 174 Å². The SMILES string of the molecule is CCCCCCCCCCCCCCCOC(=O)CC(=O)OC(C)CC(C)C. The van der Waals surface area contributed by atoms with Crippen LogP contribution in [0, 0.1) is 5.92 Å². The van der Waals surface area contributed by atoms with Gasteiger partial charge in [0, 0.05) is 0 Å². The number of carbonyl (C=O) groups is 2. The van der Waals surface area contributed by atoms with E-state index in [0.29, 0.717) is 12.5 Å². The number of hydrogen-bond donors (Lipinski definition) is 0. The van der Waals surface area contributed by atoms with E-state index in [-0.39, 0.29) is 12.5 Å². The molecule has 4 nitrogen and oxygen atoms in total. The lowest BCUT2D eigenvalue weighted by Gasteiger charge is -2.14. The van der Waals surface area contributed by atoms with Crippen molar-refractivity contribution < 1.29 is 19.1 Å². The van der Waals surface area contributed by atoms with E-state index in [2.05, 4.69) is 20.8 Å². The van der Waals surface area contributed by atoms with Crippen molar-refractivity contribution in [2.45, 2.75) is 130 Å². The van der Waals surface area contributed by atoms with E-state index in [1.165, 1.54) is 70.6 Å². The summed E-state index contributed by atoms with van der Waals surface area (Å²) in [6.07, 6.45) is 17.1. The number of rotatable bonds is 19.